The van der Waals surface area contributed by atoms with Crippen molar-refractivity contribution in [2.75, 3.05) is 0 Å². The first-order chi connectivity index (χ1) is 6.38. The van der Waals surface area contributed by atoms with Gasteiger partial charge in [0.05, 0.1) is 5.38 Å². The second-order valence-electron chi connectivity index (χ2n) is 2.77. The number of alkyl halides is 4. The van der Waals surface area contributed by atoms with Gasteiger partial charge in [-0.05, 0) is 6.92 Å². The lowest BCUT2D eigenvalue weighted by molar-refractivity contribution is -0.134. The Morgan fingerprint density at radius 2 is 2.07 bits per heavy atom. The Bertz CT molecular complexity index is 297. The van der Waals surface area contributed by atoms with E-state index in [0.29, 0.717) is 10.0 Å². The molecule has 1 aromatic rings. The van der Waals surface area contributed by atoms with Gasteiger partial charge in [-0.1, -0.05) is 11.3 Å². The monoisotopic (exact) mass is 244 g/mol. The third-order valence-electron chi connectivity index (χ3n) is 1.45. The number of nitrogens with zero attached hydrogens (tertiary/aromatic N) is 2. The van der Waals surface area contributed by atoms with Crippen LogP contribution in [0.3, 0.4) is 0 Å². The topological polar surface area (TPSA) is 25.8 Å². The molecule has 1 aromatic heterocycles. The molecule has 7 heteroatoms. The summed E-state index contributed by atoms with van der Waals surface area (Å²) < 4.78 is 35.5. The summed E-state index contributed by atoms with van der Waals surface area (Å²) in [6, 6.07) is 0. The van der Waals surface area contributed by atoms with Crippen molar-refractivity contribution in [3.63, 3.8) is 0 Å². The zero-order chi connectivity index (χ0) is 10.8. The Balaban J connectivity index is 2.52. The summed E-state index contributed by atoms with van der Waals surface area (Å²) in [7, 11) is 0. The van der Waals surface area contributed by atoms with Crippen LogP contribution in [-0.2, 0) is 6.42 Å². The second-order valence-corrected chi connectivity index (χ2v) is 4.51. The standard InChI is InChI=1S/C7H8ClF3N2S/c1-4(8)6-13-12-5(14-6)2-3-7(9,10)11/h4H,2-3H2,1H3. The van der Waals surface area contributed by atoms with Gasteiger partial charge in [0, 0.05) is 12.8 Å². The van der Waals surface area contributed by atoms with Crippen LogP contribution in [0.5, 0.6) is 0 Å². The average molecular weight is 245 g/mol. The fourth-order valence-corrected chi connectivity index (χ4v) is 1.73. The van der Waals surface area contributed by atoms with Crippen LogP contribution >= 0.6 is 22.9 Å². The predicted octanol–water partition coefficient (Wildman–Crippen LogP) is 3.33. The van der Waals surface area contributed by atoms with E-state index in [4.69, 9.17) is 11.6 Å². The Morgan fingerprint density at radius 1 is 1.43 bits per heavy atom. The Morgan fingerprint density at radius 3 is 2.50 bits per heavy atom. The molecular formula is C7H8ClF3N2S. The summed E-state index contributed by atoms with van der Waals surface area (Å²) in [5.74, 6) is 0. The number of hydrogen-bond donors (Lipinski definition) is 0. The number of rotatable bonds is 3. The van der Waals surface area contributed by atoms with Crippen molar-refractivity contribution in [1.29, 1.82) is 0 Å². The molecular weight excluding hydrogens is 237 g/mol. The molecule has 14 heavy (non-hydrogen) atoms. The van der Waals surface area contributed by atoms with E-state index >= 15 is 0 Å². The zero-order valence-corrected chi connectivity index (χ0v) is 8.88. The van der Waals surface area contributed by atoms with Gasteiger partial charge >= 0.3 is 6.18 Å². The van der Waals surface area contributed by atoms with Crippen LogP contribution in [0.25, 0.3) is 0 Å². The predicted molar refractivity (Wildman–Crippen MR) is 48.6 cm³/mol. The van der Waals surface area contributed by atoms with Gasteiger partial charge in [0.2, 0.25) is 0 Å². The molecule has 80 valence electrons. The van der Waals surface area contributed by atoms with Crippen LogP contribution in [0.4, 0.5) is 13.2 Å². The third-order valence-corrected chi connectivity index (χ3v) is 2.95. The Kier molecular flexibility index (Phi) is 3.71. The van der Waals surface area contributed by atoms with Crippen molar-refractivity contribution in [3.8, 4) is 0 Å². The minimum Gasteiger partial charge on any atom is -0.171 e. The summed E-state index contributed by atoms with van der Waals surface area (Å²) >= 11 is 6.82. The summed E-state index contributed by atoms with van der Waals surface area (Å²) in [5.41, 5.74) is 0. The molecule has 0 N–H and O–H groups in total. The first-order valence-corrected chi connectivity index (χ1v) is 5.17. The van der Waals surface area contributed by atoms with E-state index in [0.717, 1.165) is 11.3 Å². The lowest BCUT2D eigenvalue weighted by Crippen LogP contribution is -2.08. The fourth-order valence-electron chi connectivity index (χ4n) is 0.777. The smallest absolute Gasteiger partial charge is 0.171 e. The van der Waals surface area contributed by atoms with Crippen LogP contribution in [0.2, 0.25) is 0 Å². The lowest BCUT2D eigenvalue weighted by Gasteiger charge is -2.02. The quantitative estimate of drug-likeness (QED) is 0.763. The molecule has 0 spiro atoms. The van der Waals surface area contributed by atoms with E-state index < -0.39 is 12.6 Å². The van der Waals surface area contributed by atoms with Crippen molar-refractivity contribution < 1.29 is 13.2 Å². The van der Waals surface area contributed by atoms with Crippen molar-refractivity contribution in [2.24, 2.45) is 0 Å². The molecule has 0 amide bonds. The third kappa shape index (κ3) is 3.79. The minimum absolute atomic E-state index is 0.120. The van der Waals surface area contributed by atoms with Gasteiger partial charge < -0.3 is 0 Å². The second kappa shape index (κ2) is 4.44. The summed E-state index contributed by atoms with van der Waals surface area (Å²) in [5, 5.41) is 7.95. The molecule has 0 radical (unpaired) electrons. The first-order valence-electron chi connectivity index (χ1n) is 3.91. The maximum Gasteiger partial charge on any atom is 0.389 e. The van der Waals surface area contributed by atoms with Gasteiger partial charge in [0.1, 0.15) is 10.0 Å². The van der Waals surface area contributed by atoms with Crippen LogP contribution in [0.1, 0.15) is 28.7 Å². The number of halogens is 4. The molecule has 0 bridgehead atoms. The first kappa shape index (κ1) is 11.7. The van der Waals surface area contributed by atoms with Gasteiger partial charge in [-0.2, -0.15) is 13.2 Å². The molecule has 0 aliphatic rings. The van der Waals surface area contributed by atoms with Crippen molar-refractivity contribution in [3.05, 3.63) is 10.0 Å². The zero-order valence-electron chi connectivity index (χ0n) is 7.31. The summed E-state index contributed by atoms with van der Waals surface area (Å²) in [6.45, 7) is 1.70. The van der Waals surface area contributed by atoms with Gasteiger partial charge in [-0.15, -0.1) is 21.8 Å². The van der Waals surface area contributed by atoms with Crippen LogP contribution in [-0.4, -0.2) is 16.4 Å². The van der Waals surface area contributed by atoms with E-state index in [1.165, 1.54) is 0 Å². The van der Waals surface area contributed by atoms with Gasteiger partial charge in [-0.3, -0.25) is 0 Å². The van der Waals surface area contributed by atoms with Gasteiger partial charge in [0.15, 0.2) is 0 Å². The number of hydrogen-bond acceptors (Lipinski definition) is 3. The molecule has 1 rings (SSSR count). The molecule has 0 saturated heterocycles. The lowest BCUT2D eigenvalue weighted by atomic mass is 10.3. The molecule has 1 heterocycles. The number of aromatic nitrogens is 2. The van der Waals surface area contributed by atoms with E-state index in [9.17, 15) is 13.2 Å². The highest BCUT2D eigenvalue weighted by atomic mass is 35.5. The van der Waals surface area contributed by atoms with E-state index in [1.807, 2.05) is 0 Å². The minimum atomic E-state index is -4.14. The summed E-state index contributed by atoms with van der Waals surface area (Å²) in [6.07, 6.45) is -5.12. The van der Waals surface area contributed by atoms with Crippen LogP contribution in [0, 0.1) is 0 Å². The maximum absolute atomic E-state index is 11.8. The largest absolute Gasteiger partial charge is 0.389 e. The highest BCUT2D eigenvalue weighted by Crippen LogP contribution is 2.26. The van der Waals surface area contributed by atoms with E-state index in [-0.39, 0.29) is 11.8 Å². The number of aryl methyl sites for hydroxylation is 1. The molecule has 0 aliphatic heterocycles. The highest BCUT2D eigenvalue weighted by Gasteiger charge is 2.27. The fraction of sp³-hybridized carbons (Fsp3) is 0.714. The van der Waals surface area contributed by atoms with E-state index in [1.54, 1.807) is 6.92 Å². The molecule has 0 fully saturated rings. The van der Waals surface area contributed by atoms with Crippen molar-refractivity contribution >= 4 is 22.9 Å². The SMILES string of the molecule is CC(Cl)c1nnc(CCC(F)(F)F)s1. The van der Waals surface area contributed by atoms with Crippen molar-refractivity contribution in [1.82, 2.24) is 10.2 Å². The van der Waals surface area contributed by atoms with Gasteiger partial charge in [-0.25, -0.2) is 0 Å². The molecule has 2 nitrogen and oxygen atoms in total. The van der Waals surface area contributed by atoms with Crippen LogP contribution < -0.4 is 0 Å². The normalized spacial score (nSPS) is 14.4. The average Bonchev–Trinajstić information content (AvgIpc) is 2.47. The van der Waals surface area contributed by atoms with E-state index in [2.05, 4.69) is 10.2 Å². The molecule has 0 aromatic carbocycles. The Labute approximate surface area is 88.1 Å². The summed E-state index contributed by atoms with van der Waals surface area (Å²) in [4.78, 5) is 0. The van der Waals surface area contributed by atoms with Crippen LogP contribution in [0.15, 0.2) is 0 Å². The molecule has 1 atom stereocenters. The molecule has 0 aliphatic carbocycles. The molecule has 1 unspecified atom stereocenters. The highest BCUT2D eigenvalue weighted by molar-refractivity contribution is 7.11. The maximum atomic E-state index is 11.8. The van der Waals surface area contributed by atoms with Gasteiger partial charge in [0.25, 0.3) is 0 Å². The Hall–Kier alpha value is -0.360. The molecule has 0 saturated carbocycles. The van der Waals surface area contributed by atoms with Crippen molar-refractivity contribution in [2.45, 2.75) is 31.3 Å².